The predicted octanol–water partition coefficient (Wildman–Crippen LogP) is 2.11. The van der Waals surface area contributed by atoms with E-state index in [0.29, 0.717) is 13.1 Å². The summed E-state index contributed by atoms with van der Waals surface area (Å²) in [6.07, 6.45) is 0.106. The van der Waals surface area contributed by atoms with E-state index >= 15 is 0 Å². The Balaban J connectivity index is 1.95. The number of piperidine rings is 1. The number of aliphatic hydroxyl groups is 1. The standard InChI is InChI=1S/C13H17NO3/c15-12(10-4-2-1-3-5-10)11-6-8-14(9-7-11)13(16)17/h1-5,11-12,15H,6-9H2,(H,16,17). The summed E-state index contributed by atoms with van der Waals surface area (Å²) in [7, 11) is 0. The second-order valence-electron chi connectivity index (χ2n) is 4.46. The fourth-order valence-electron chi connectivity index (χ4n) is 2.33. The minimum absolute atomic E-state index is 0.160. The molecule has 4 heteroatoms. The molecular formula is C13H17NO3. The second-order valence-corrected chi connectivity index (χ2v) is 4.46. The van der Waals surface area contributed by atoms with Crippen LogP contribution in [0.5, 0.6) is 0 Å². The van der Waals surface area contributed by atoms with Crippen LogP contribution in [0.15, 0.2) is 30.3 Å². The van der Waals surface area contributed by atoms with Gasteiger partial charge in [0.25, 0.3) is 0 Å². The fraction of sp³-hybridized carbons (Fsp3) is 0.462. The molecule has 2 rings (SSSR count). The number of rotatable bonds is 2. The Labute approximate surface area is 100 Å². The lowest BCUT2D eigenvalue weighted by Crippen LogP contribution is -2.38. The molecule has 1 aliphatic rings. The average Bonchev–Trinajstić information content (AvgIpc) is 2.39. The van der Waals surface area contributed by atoms with Crippen molar-refractivity contribution in [3.63, 3.8) is 0 Å². The summed E-state index contributed by atoms with van der Waals surface area (Å²) in [6, 6.07) is 9.56. The first kappa shape index (κ1) is 11.9. The number of benzene rings is 1. The monoisotopic (exact) mass is 235 g/mol. The molecule has 0 aromatic heterocycles. The van der Waals surface area contributed by atoms with E-state index in [9.17, 15) is 9.90 Å². The molecule has 1 saturated heterocycles. The summed E-state index contributed by atoms with van der Waals surface area (Å²) in [4.78, 5) is 12.2. The maximum atomic E-state index is 10.8. The third kappa shape index (κ3) is 2.77. The van der Waals surface area contributed by atoms with Crippen LogP contribution in [-0.2, 0) is 0 Å². The van der Waals surface area contributed by atoms with Gasteiger partial charge in [-0.3, -0.25) is 0 Å². The average molecular weight is 235 g/mol. The summed E-state index contributed by atoms with van der Waals surface area (Å²) in [5.41, 5.74) is 0.918. The van der Waals surface area contributed by atoms with Gasteiger partial charge in [0.05, 0.1) is 6.10 Å². The number of nitrogens with zero attached hydrogens (tertiary/aromatic N) is 1. The first-order valence-electron chi connectivity index (χ1n) is 5.89. The molecule has 0 bridgehead atoms. The lowest BCUT2D eigenvalue weighted by Gasteiger charge is -2.32. The van der Waals surface area contributed by atoms with Crippen LogP contribution in [0.1, 0.15) is 24.5 Å². The van der Waals surface area contributed by atoms with Gasteiger partial charge in [0.15, 0.2) is 0 Å². The topological polar surface area (TPSA) is 60.8 Å². The zero-order valence-electron chi connectivity index (χ0n) is 9.62. The third-order valence-electron chi connectivity index (χ3n) is 3.40. The minimum atomic E-state index is -0.863. The molecule has 92 valence electrons. The van der Waals surface area contributed by atoms with E-state index in [1.54, 1.807) is 0 Å². The van der Waals surface area contributed by atoms with Gasteiger partial charge in [-0.15, -0.1) is 0 Å². The van der Waals surface area contributed by atoms with Gasteiger partial charge < -0.3 is 15.1 Å². The Hall–Kier alpha value is -1.55. The van der Waals surface area contributed by atoms with Gasteiger partial charge in [0.2, 0.25) is 0 Å². The molecule has 1 aromatic carbocycles. The summed E-state index contributed by atoms with van der Waals surface area (Å²) in [5, 5.41) is 19.0. The van der Waals surface area contributed by atoms with Crippen molar-refractivity contribution in [3.05, 3.63) is 35.9 Å². The van der Waals surface area contributed by atoms with Gasteiger partial charge in [0.1, 0.15) is 0 Å². The number of hydrogen-bond acceptors (Lipinski definition) is 2. The molecular weight excluding hydrogens is 218 g/mol. The Bertz CT molecular complexity index is 372. The molecule has 1 unspecified atom stereocenters. The third-order valence-corrected chi connectivity index (χ3v) is 3.40. The van der Waals surface area contributed by atoms with Gasteiger partial charge in [0, 0.05) is 13.1 Å². The Kier molecular flexibility index (Phi) is 3.64. The van der Waals surface area contributed by atoms with Crippen LogP contribution in [0.25, 0.3) is 0 Å². The molecule has 1 fully saturated rings. The summed E-state index contributed by atoms with van der Waals surface area (Å²) >= 11 is 0. The molecule has 4 nitrogen and oxygen atoms in total. The van der Waals surface area contributed by atoms with Crippen LogP contribution in [0, 0.1) is 5.92 Å². The highest BCUT2D eigenvalue weighted by Crippen LogP contribution is 2.30. The smallest absolute Gasteiger partial charge is 0.407 e. The van der Waals surface area contributed by atoms with Crippen LogP contribution in [-0.4, -0.2) is 34.3 Å². The first-order valence-corrected chi connectivity index (χ1v) is 5.89. The maximum Gasteiger partial charge on any atom is 0.407 e. The minimum Gasteiger partial charge on any atom is -0.465 e. The van der Waals surface area contributed by atoms with E-state index in [2.05, 4.69) is 0 Å². The van der Waals surface area contributed by atoms with E-state index in [1.165, 1.54) is 4.90 Å². The fourth-order valence-corrected chi connectivity index (χ4v) is 2.33. The Morgan fingerprint density at radius 1 is 1.24 bits per heavy atom. The van der Waals surface area contributed by atoms with Crippen molar-refractivity contribution < 1.29 is 15.0 Å². The molecule has 17 heavy (non-hydrogen) atoms. The van der Waals surface area contributed by atoms with Gasteiger partial charge >= 0.3 is 6.09 Å². The lowest BCUT2D eigenvalue weighted by molar-refractivity contribution is 0.0575. The van der Waals surface area contributed by atoms with Gasteiger partial charge in [-0.2, -0.15) is 0 Å². The maximum absolute atomic E-state index is 10.8. The van der Waals surface area contributed by atoms with Crippen LogP contribution in [0.4, 0.5) is 4.79 Å². The molecule has 1 heterocycles. The van der Waals surface area contributed by atoms with Crippen LogP contribution < -0.4 is 0 Å². The summed E-state index contributed by atoms with van der Waals surface area (Å²) < 4.78 is 0. The molecule has 0 radical (unpaired) electrons. The molecule has 1 aliphatic heterocycles. The zero-order chi connectivity index (χ0) is 12.3. The number of hydrogen-bond donors (Lipinski definition) is 2. The van der Waals surface area contributed by atoms with E-state index < -0.39 is 12.2 Å². The largest absolute Gasteiger partial charge is 0.465 e. The number of likely N-dealkylation sites (tertiary alicyclic amines) is 1. The van der Waals surface area contributed by atoms with Crippen molar-refractivity contribution in [1.29, 1.82) is 0 Å². The zero-order valence-corrected chi connectivity index (χ0v) is 9.62. The number of aliphatic hydroxyl groups excluding tert-OH is 1. The predicted molar refractivity (Wildman–Crippen MR) is 63.7 cm³/mol. The van der Waals surface area contributed by atoms with E-state index in [0.717, 1.165) is 18.4 Å². The molecule has 0 saturated carbocycles. The van der Waals surface area contributed by atoms with Crippen molar-refractivity contribution in [2.24, 2.45) is 5.92 Å². The van der Waals surface area contributed by atoms with E-state index in [1.807, 2.05) is 30.3 Å². The highest BCUT2D eigenvalue weighted by atomic mass is 16.4. The Morgan fingerprint density at radius 3 is 2.35 bits per heavy atom. The highest BCUT2D eigenvalue weighted by Gasteiger charge is 2.27. The van der Waals surface area contributed by atoms with Crippen molar-refractivity contribution in [3.8, 4) is 0 Å². The highest BCUT2D eigenvalue weighted by molar-refractivity contribution is 5.64. The quantitative estimate of drug-likeness (QED) is 0.825. The van der Waals surface area contributed by atoms with Gasteiger partial charge in [-0.25, -0.2) is 4.79 Å². The second kappa shape index (κ2) is 5.19. The van der Waals surface area contributed by atoms with Crippen molar-refractivity contribution >= 4 is 6.09 Å². The van der Waals surface area contributed by atoms with Crippen LogP contribution in [0.2, 0.25) is 0 Å². The van der Waals surface area contributed by atoms with E-state index in [4.69, 9.17) is 5.11 Å². The van der Waals surface area contributed by atoms with Crippen molar-refractivity contribution in [2.75, 3.05) is 13.1 Å². The Morgan fingerprint density at radius 2 is 1.82 bits per heavy atom. The lowest BCUT2D eigenvalue weighted by atomic mass is 9.87. The molecule has 0 aliphatic carbocycles. The van der Waals surface area contributed by atoms with Crippen LogP contribution >= 0.6 is 0 Å². The number of carboxylic acid groups (broad SMARTS) is 1. The van der Waals surface area contributed by atoms with E-state index in [-0.39, 0.29) is 5.92 Å². The van der Waals surface area contributed by atoms with Crippen molar-refractivity contribution in [2.45, 2.75) is 18.9 Å². The van der Waals surface area contributed by atoms with Crippen LogP contribution in [0.3, 0.4) is 0 Å². The summed E-state index contributed by atoms with van der Waals surface area (Å²) in [5.74, 6) is 0.160. The molecule has 1 amide bonds. The molecule has 1 aromatic rings. The SMILES string of the molecule is O=C(O)N1CCC(C(O)c2ccccc2)CC1. The number of amides is 1. The van der Waals surface area contributed by atoms with Gasteiger partial charge in [-0.05, 0) is 24.3 Å². The summed E-state index contributed by atoms with van der Waals surface area (Å²) in [6.45, 7) is 1.04. The normalized spacial score (nSPS) is 19.0. The molecule has 1 atom stereocenters. The molecule has 2 N–H and O–H groups in total. The first-order chi connectivity index (χ1) is 8.18. The number of carbonyl (C=O) groups is 1. The van der Waals surface area contributed by atoms with Crippen molar-refractivity contribution in [1.82, 2.24) is 4.90 Å². The van der Waals surface area contributed by atoms with Gasteiger partial charge in [-0.1, -0.05) is 30.3 Å². The molecule has 0 spiro atoms.